The van der Waals surface area contributed by atoms with E-state index in [2.05, 4.69) is 19.2 Å². The van der Waals surface area contributed by atoms with Crippen molar-refractivity contribution in [1.82, 2.24) is 5.32 Å². The van der Waals surface area contributed by atoms with Crippen LogP contribution in [0.2, 0.25) is 0 Å². The Kier molecular flexibility index (Phi) is 6.58. The average Bonchev–Trinajstić information content (AvgIpc) is 2.40. The van der Waals surface area contributed by atoms with E-state index in [9.17, 15) is 0 Å². The Morgan fingerprint density at radius 1 is 1.17 bits per heavy atom. The third-order valence-electron chi connectivity index (χ3n) is 3.10. The van der Waals surface area contributed by atoms with Gasteiger partial charge in [-0.25, -0.2) is 0 Å². The Bertz CT molecular complexity index is 348. The van der Waals surface area contributed by atoms with Gasteiger partial charge in [0, 0.05) is 12.6 Å². The highest BCUT2D eigenvalue weighted by Gasteiger charge is 2.05. The molecule has 0 saturated heterocycles. The minimum Gasteiger partial charge on any atom is -0.493 e. The second kappa shape index (κ2) is 7.98. The molecule has 1 aromatic rings. The fourth-order valence-electron chi connectivity index (χ4n) is 1.90. The van der Waals surface area contributed by atoms with Gasteiger partial charge in [0.15, 0.2) is 11.5 Å². The summed E-state index contributed by atoms with van der Waals surface area (Å²) in [7, 11) is 1.67. The number of methoxy groups -OCH3 is 1. The maximum absolute atomic E-state index is 5.73. The fraction of sp³-hybridized carbons (Fsp3) is 0.600. The summed E-state index contributed by atoms with van der Waals surface area (Å²) in [5, 5.41) is 3.47. The topological polar surface area (TPSA) is 30.5 Å². The molecule has 0 saturated carbocycles. The first-order valence-corrected chi connectivity index (χ1v) is 6.72. The highest BCUT2D eigenvalue weighted by atomic mass is 16.5. The van der Waals surface area contributed by atoms with Crippen LogP contribution in [0.4, 0.5) is 0 Å². The van der Waals surface area contributed by atoms with Crippen molar-refractivity contribution in [3.63, 3.8) is 0 Å². The lowest BCUT2D eigenvalue weighted by molar-refractivity contribution is 0.284. The highest BCUT2D eigenvalue weighted by molar-refractivity contribution is 5.42. The minimum atomic E-state index is 0.591. The van der Waals surface area contributed by atoms with Gasteiger partial charge in [0.05, 0.1) is 7.11 Å². The van der Waals surface area contributed by atoms with Crippen molar-refractivity contribution in [3.05, 3.63) is 23.8 Å². The van der Waals surface area contributed by atoms with Crippen LogP contribution in [0.3, 0.4) is 0 Å². The van der Waals surface area contributed by atoms with Crippen LogP contribution >= 0.6 is 0 Å². The van der Waals surface area contributed by atoms with Crippen LogP contribution in [0, 0.1) is 6.92 Å². The van der Waals surface area contributed by atoms with E-state index in [0.29, 0.717) is 12.6 Å². The summed E-state index contributed by atoms with van der Waals surface area (Å²) >= 11 is 0. The zero-order valence-corrected chi connectivity index (χ0v) is 12.0. The minimum absolute atomic E-state index is 0.591. The van der Waals surface area contributed by atoms with E-state index in [1.807, 2.05) is 25.1 Å². The van der Waals surface area contributed by atoms with Gasteiger partial charge >= 0.3 is 0 Å². The molecular formula is C15H25NO2. The van der Waals surface area contributed by atoms with Crippen molar-refractivity contribution >= 4 is 0 Å². The molecule has 0 spiro atoms. The lowest BCUT2D eigenvalue weighted by Crippen LogP contribution is -2.31. The highest BCUT2D eigenvalue weighted by Crippen LogP contribution is 2.27. The Morgan fingerprint density at radius 3 is 2.50 bits per heavy atom. The van der Waals surface area contributed by atoms with E-state index in [4.69, 9.17) is 9.47 Å². The van der Waals surface area contributed by atoms with E-state index >= 15 is 0 Å². The van der Waals surface area contributed by atoms with Crippen molar-refractivity contribution in [2.75, 3.05) is 20.3 Å². The second-order valence-corrected chi connectivity index (χ2v) is 4.47. The summed E-state index contributed by atoms with van der Waals surface area (Å²) in [6.07, 6.45) is 2.31. The number of rotatable bonds is 8. The molecule has 0 bridgehead atoms. The molecule has 0 aliphatic heterocycles. The first kappa shape index (κ1) is 14.8. The summed E-state index contributed by atoms with van der Waals surface area (Å²) < 4.78 is 11.0. The van der Waals surface area contributed by atoms with Gasteiger partial charge in [0.1, 0.15) is 6.61 Å². The molecule has 1 aromatic carbocycles. The normalized spacial score (nSPS) is 10.7. The molecule has 0 aromatic heterocycles. The van der Waals surface area contributed by atoms with E-state index < -0.39 is 0 Å². The van der Waals surface area contributed by atoms with Crippen molar-refractivity contribution in [2.45, 2.75) is 39.7 Å². The third-order valence-corrected chi connectivity index (χ3v) is 3.10. The Morgan fingerprint density at radius 2 is 1.89 bits per heavy atom. The zero-order valence-electron chi connectivity index (χ0n) is 12.0. The number of benzene rings is 1. The SMILES string of the molecule is CCC(CC)NCCOc1ccc(C)cc1OC. The van der Waals surface area contributed by atoms with Gasteiger partial charge in [0.25, 0.3) is 0 Å². The van der Waals surface area contributed by atoms with Gasteiger partial charge in [-0.3, -0.25) is 0 Å². The molecule has 0 fully saturated rings. The van der Waals surface area contributed by atoms with Gasteiger partial charge in [0.2, 0.25) is 0 Å². The van der Waals surface area contributed by atoms with Crippen LogP contribution in [0.25, 0.3) is 0 Å². The number of aryl methyl sites for hydroxylation is 1. The number of hydrogen-bond acceptors (Lipinski definition) is 3. The standard InChI is InChI=1S/C15H25NO2/c1-5-13(6-2)16-9-10-18-14-8-7-12(3)11-15(14)17-4/h7-8,11,13,16H,5-6,9-10H2,1-4H3. The van der Waals surface area contributed by atoms with E-state index in [1.165, 1.54) is 5.56 Å². The second-order valence-electron chi connectivity index (χ2n) is 4.47. The molecule has 0 radical (unpaired) electrons. The molecule has 0 unspecified atom stereocenters. The number of ether oxygens (including phenoxy) is 2. The molecule has 3 nitrogen and oxygen atoms in total. The van der Waals surface area contributed by atoms with Crippen molar-refractivity contribution in [2.24, 2.45) is 0 Å². The maximum atomic E-state index is 5.73. The van der Waals surface area contributed by atoms with Crippen molar-refractivity contribution in [3.8, 4) is 11.5 Å². The van der Waals surface area contributed by atoms with E-state index in [0.717, 1.165) is 30.9 Å². The smallest absolute Gasteiger partial charge is 0.161 e. The van der Waals surface area contributed by atoms with Crippen molar-refractivity contribution < 1.29 is 9.47 Å². The van der Waals surface area contributed by atoms with Crippen LogP contribution < -0.4 is 14.8 Å². The lowest BCUT2D eigenvalue weighted by Gasteiger charge is -2.16. The van der Waals surface area contributed by atoms with Gasteiger partial charge in [-0.1, -0.05) is 19.9 Å². The summed E-state index contributed by atoms with van der Waals surface area (Å²) in [6.45, 7) is 7.97. The summed E-state index contributed by atoms with van der Waals surface area (Å²) in [5.74, 6) is 1.62. The van der Waals surface area contributed by atoms with Crippen LogP contribution in [0.1, 0.15) is 32.3 Å². The van der Waals surface area contributed by atoms with Gasteiger partial charge < -0.3 is 14.8 Å². The van der Waals surface area contributed by atoms with E-state index in [1.54, 1.807) is 7.11 Å². The number of hydrogen-bond donors (Lipinski definition) is 1. The van der Waals surface area contributed by atoms with Crippen molar-refractivity contribution in [1.29, 1.82) is 0 Å². The Balaban J connectivity index is 2.39. The molecule has 0 atom stereocenters. The summed E-state index contributed by atoms with van der Waals surface area (Å²) in [4.78, 5) is 0. The number of nitrogens with one attached hydrogen (secondary N) is 1. The summed E-state index contributed by atoms with van der Waals surface area (Å²) in [6, 6.07) is 6.58. The Hall–Kier alpha value is -1.22. The first-order valence-electron chi connectivity index (χ1n) is 6.72. The Labute approximate surface area is 110 Å². The largest absolute Gasteiger partial charge is 0.493 e. The average molecular weight is 251 g/mol. The zero-order chi connectivity index (χ0) is 13.4. The van der Waals surface area contributed by atoms with Crippen LogP contribution in [0.5, 0.6) is 11.5 Å². The predicted molar refractivity (Wildman–Crippen MR) is 75.6 cm³/mol. The summed E-state index contributed by atoms with van der Waals surface area (Å²) in [5.41, 5.74) is 1.18. The monoisotopic (exact) mass is 251 g/mol. The first-order chi connectivity index (χ1) is 8.71. The van der Waals surface area contributed by atoms with Crippen LogP contribution in [-0.4, -0.2) is 26.3 Å². The fourth-order valence-corrected chi connectivity index (χ4v) is 1.90. The quantitative estimate of drug-likeness (QED) is 0.720. The van der Waals surface area contributed by atoms with Crippen LogP contribution in [0.15, 0.2) is 18.2 Å². The third kappa shape index (κ3) is 4.57. The molecule has 1 rings (SSSR count). The van der Waals surface area contributed by atoms with Crippen LogP contribution in [-0.2, 0) is 0 Å². The van der Waals surface area contributed by atoms with Gasteiger partial charge in [-0.15, -0.1) is 0 Å². The molecule has 0 heterocycles. The predicted octanol–water partition coefficient (Wildman–Crippen LogP) is 3.16. The molecule has 1 N–H and O–H groups in total. The molecule has 18 heavy (non-hydrogen) atoms. The molecule has 0 amide bonds. The lowest BCUT2D eigenvalue weighted by atomic mass is 10.2. The van der Waals surface area contributed by atoms with E-state index in [-0.39, 0.29) is 0 Å². The van der Waals surface area contributed by atoms with Gasteiger partial charge in [-0.05, 0) is 37.5 Å². The van der Waals surface area contributed by atoms with Gasteiger partial charge in [-0.2, -0.15) is 0 Å². The molecule has 0 aliphatic rings. The molecular weight excluding hydrogens is 226 g/mol. The molecule has 102 valence electrons. The molecule has 3 heteroatoms. The molecule has 0 aliphatic carbocycles. The maximum Gasteiger partial charge on any atom is 0.161 e.